The fraction of sp³-hybridized carbons (Fsp3) is 0.571. The summed E-state index contributed by atoms with van der Waals surface area (Å²) in [5.74, 6) is 0.362. The van der Waals surface area contributed by atoms with E-state index in [1.165, 1.54) is 0 Å². The van der Waals surface area contributed by atoms with Gasteiger partial charge in [-0.25, -0.2) is 8.42 Å². The van der Waals surface area contributed by atoms with Gasteiger partial charge in [0.1, 0.15) is 0 Å². The second-order valence-corrected chi connectivity index (χ2v) is 7.23. The number of sulfone groups is 1. The van der Waals surface area contributed by atoms with E-state index in [4.69, 9.17) is 0 Å². The van der Waals surface area contributed by atoms with Crippen LogP contribution in [0.1, 0.15) is 37.4 Å². The van der Waals surface area contributed by atoms with Gasteiger partial charge in [0.25, 0.3) is 0 Å². The smallest absolute Gasteiger partial charge is 0.179 e. The van der Waals surface area contributed by atoms with Crippen molar-refractivity contribution in [3.8, 4) is 0 Å². The number of hydrogen-bond donors (Lipinski definition) is 1. The van der Waals surface area contributed by atoms with Gasteiger partial charge in [-0.1, -0.05) is 31.5 Å². The Balaban J connectivity index is 2.49. The normalized spacial score (nSPS) is 25.7. The lowest BCUT2D eigenvalue weighted by atomic mass is 9.94. The first-order chi connectivity index (χ1) is 8.45. The summed E-state index contributed by atoms with van der Waals surface area (Å²) in [6, 6.07) is 5.80. The van der Waals surface area contributed by atoms with E-state index in [1.54, 1.807) is 6.07 Å². The van der Waals surface area contributed by atoms with Crippen LogP contribution in [0.15, 0.2) is 23.1 Å². The number of nitrogens with one attached hydrogen (secondary N) is 1. The minimum absolute atomic E-state index is 0.121. The molecule has 1 N–H and O–H groups in total. The van der Waals surface area contributed by atoms with Crippen molar-refractivity contribution in [1.82, 2.24) is 5.32 Å². The third kappa shape index (κ3) is 2.45. The number of fused-ring (bicyclic) bond motifs is 1. The Morgan fingerprint density at radius 1 is 1.39 bits per heavy atom. The van der Waals surface area contributed by atoms with E-state index in [-0.39, 0.29) is 17.7 Å². The lowest BCUT2D eigenvalue weighted by Crippen LogP contribution is -2.36. The largest absolute Gasteiger partial charge is 0.310 e. The standard InChI is InChI=1S/C14H21NO2S/c1-4-7-15-14-11(3)9-18(16,17)13-6-5-10(2)8-12(13)14/h5-6,8,11,14-15H,4,7,9H2,1-3H3. The number of rotatable bonds is 3. The SMILES string of the molecule is CCCNC1c2cc(C)ccc2S(=O)(=O)CC1C. The van der Waals surface area contributed by atoms with Gasteiger partial charge in [0.2, 0.25) is 0 Å². The van der Waals surface area contributed by atoms with Crippen molar-refractivity contribution < 1.29 is 8.42 Å². The molecule has 0 bridgehead atoms. The van der Waals surface area contributed by atoms with Crippen molar-refractivity contribution in [3.05, 3.63) is 29.3 Å². The van der Waals surface area contributed by atoms with E-state index in [0.29, 0.717) is 4.90 Å². The fourth-order valence-corrected chi connectivity index (χ4v) is 4.53. The van der Waals surface area contributed by atoms with Gasteiger partial charge in [-0.2, -0.15) is 0 Å². The molecule has 0 radical (unpaired) electrons. The van der Waals surface area contributed by atoms with Crippen LogP contribution in [0, 0.1) is 12.8 Å². The molecule has 1 aromatic carbocycles. The Morgan fingerprint density at radius 2 is 2.11 bits per heavy atom. The summed E-state index contributed by atoms with van der Waals surface area (Å²) in [6.45, 7) is 7.05. The van der Waals surface area contributed by atoms with Crippen molar-refractivity contribution in [2.45, 2.75) is 38.1 Å². The highest BCUT2D eigenvalue weighted by molar-refractivity contribution is 7.91. The Kier molecular flexibility index (Phi) is 3.78. The molecule has 0 aliphatic carbocycles. The minimum Gasteiger partial charge on any atom is -0.310 e. The molecule has 2 rings (SSSR count). The van der Waals surface area contributed by atoms with Gasteiger partial charge >= 0.3 is 0 Å². The van der Waals surface area contributed by atoms with Crippen LogP contribution in [0.5, 0.6) is 0 Å². The first-order valence-electron chi connectivity index (χ1n) is 6.52. The molecule has 1 aromatic rings. The summed E-state index contributed by atoms with van der Waals surface area (Å²) in [5.41, 5.74) is 2.06. The molecule has 0 aromatic heterocycles. The van der Waals surface area contributed by atoms with Crippen LogP contribution in [0.4, 0.5) is 0 Å². The molecular formula is C14H21NO2S. The zero-order valence-electron chi connectivity index (χ0n) is 11.2. The van der Waals surface area contributed by atoms with Crippen LogP contribution in [0.25, 0.3) is 0 Å². The molecule has 18 heavy (non-hydrogen) atoms. The molecule has 3 nitrogen and oxygen atoms in total. The molecular weight excluding hydrogens is 246 g/mol. The first kappa shape index (κ1) is 13.6. The molecule has 0 spiro atoms. The zero-order chi connectivity index (χ0) is 13.3. The van der Waals surface area contributed by atoms with Gasteiger partial charge in [0.05, 0.1) is 10.6 Å². The van der Waals surface area contributed by atoms with Crippen LogP contribution in [0.2, 0.25) is 0 Å². The van der Waals surface area contributed by atoms with Crippen molar-refractivity contribution in [2.75, 3.05) is 12.3 Å². The summed E-state index contributed by atoms with van der Waals surface area (Å²) in [5, 5.41) is 3.48. The molecule has 4 heteroatoms. The second kappa shape index (κ2) is 5.02. The third-order valence-electron chi connectivity index (χ3n) is 3.50. The van der Waals surface area contributed by atoms with Crippen LogP contribution < -0.4 is 5.32 Å². The van der Waals surface area contributed by atoms with E-state index in [0.717, 1.165) is 24.1 Å². The van der Waals surface area contributed by atoms with Crippen LogP contribution in [-0.4, -0.2) is 20.7 Å². The molecule has 0 fully saturated rings. The Labute approximate surface area is 110 Å². The van der Waals surface area contributed by atoms with Crippen molar-refractivity contribution in [3.63, 3.8) is 0 Å². The molecule has 0 saturated carbocycles. The Morgan fingerprint density at radius 3 is 2.78 bits per heavy atom. The van der Waals surface area contributed by atoms with Gasteiger partial charge in [0, 0.05) is 6.04 Å². The van der Waals surface area contributed by atoms with Crippen molar-refractivity contribution in [1.29, 1.82) is 0 Å². The molecule has 0 saturated heterocycles. The summed E-state index contributed by atoms with van der Waals surface area (Å²) in [7, 11) is -3.11. The van der Waals surface area contributed by atoms with Crippen LogP contribution in [-0.2, 0) is 9.84 Å². The molecule has 2 unspecified atom stereocenters. The number of hydrogen-bond acceptors (Lipinski definition) is 3. The van der Waals surface area contributed by atoms with Gasteiger partial charge in [-0.15, -0.1) is 0 Å². The summed E-state index contributed by atoms with van der Waals surface area (Å²) in [6.07, 6.45) is 1.05. The topological polar surface area (TPSA) is 46.2 Å². The maximum absolute atomic E-state index is 12.2. The van der Waals surface area contributed by atoms with E-state index >= 15 is 0 Å². The molecule has 2 atom stereocenters. The molecule has 0 amide bonds. The predicted molar refractivity (Wildman–Crippen MR) is 73.4 cm³/mol. The second-order valence-electron chi connectivity index (χ2n) is 5.23. The summed E-state index contributed by atoms with van der Waals surface area (Å²) >= 11 is 0. The fourth-order valence-electron chi connectivity index (χ4n) is 2.64. The Hall–Kier alpha value is -0.870. The van der Waals surface area contributed by atoms with Gasteiger partial charge in [-0.3, -0.25) is 0 Å². The maximum atomic E-state index is 12.2. The highest BCUT2D eigenvalue weighted by Gasteiger charge is 2.35. The van der Waals surface area contributed by atoms with Gasteiger partial charge in [-0.05, 0) is 37.4 Å². The summed E-state index contributed by atoms with van der Waals surface area (Å²) < 4.78 is 24.4. The molecule has 1 aliphatic rings. The van der Waals surface area contributed by atoms with E-state index in [9.17, 15) is 8.42 Å². The summed E-state index contributed by atoms with van der Waals surface area (Å²) in [4.78, 5) is 0.514. The Bertz CT molecular complexity index is 537. The highest BCUT2D eigenvalue weighted by Crippen LogP contribution is 2.36. The van der Waals surface area contributed by atoms with Gasteiger partial charge in [0.15, 0.2) is 9.84 Å². The van der Waals surface area contributed by atoms with E-state index in [2.05, 4.69) is 12.2 Å². The van der Waals surface area contributed by atoms with E-state index < -0.39 is 9.84 Å². The highest BCUT2D eigenvalue weighted by atomic mass is 32.2. The first-order valence-corrected chi connectivity index (χ1v) is 8.17. The maximum Gasteiger partial charge on any atom is 0.179 e. The lowest BCUT2D eigenvalue weighted by Gasteiger charge is -2.32. The average molecular weight is 267 g/mol. The number of aryl methyl sites for hydroxylation is 1. The lowest BCUT2D eigenvalue weighted by molar-refractivity contribution is 0.395. The van der Waals surface area contributed by atoms with Crippen molar-refractivity contribution in [2.24, 2.45) is 5.92 Å². The van der Waals surface area contributed by atoms with E-state index in [1.807, 2.05) is 26.0 Å². The van der Waals surface area contributed by atoms with Crippen LogP contribution in [0.3, 0.4) is 0 Å². The van der Waals surface area contributed by atoms with Crippen LogP contribution >= 0.6 is 0 Å². The monoisotopic (exact) mass is 267 g/mol. The molecule has 1 aliphatic heterocycles. The van der Waals surface area contributed by atoms with Gasteiger partial charge < -0.3 is 5.32 Å². The molecule has 100 valence electrons. The van der Waals surface area contributed by atoms with Crippen molar-refractivity contribution >= 4 is 9.84 Å². The minimum atomic E-state index is -3.11. The quantitative estimate of drug-likeness (QED) is 0.915. The third-order valence-corrected chi connectivity index (χ3v) is 5.51. The zero-order valence-corrected chi connectivity index (χ0v) is 12.0. The average Bonchev–Trinajstić information content (AvgIpc) is 2.27. The molecule has 1 heterocycles. The predicted octanol–water partition coefficient (Wildman–Crippen LogP) is 2.46. The number of benzene rings is 1.